The van der Waals surface area contributed by atoms with Crippen LogP contribution in [0.3, 0.4) is 0 Å². The largest absolute Gasteiger partial charge is 0.398 e. The van der Waals surface area contributed by atoms with Gasteiger partial charge in [0.15, 0.2) is 0 Å². The topological polar surface area (TPSA) is 49.5 Å². The Labute approximate surface area is 129 Å². The van der Waals surface area contributed by atoms with Gasteiger partial charge in [0, 0.05) is 23.8 Å². The fraction of sp³-hybridized carbons (Fsp3) is 0.667. The highest BCUT2D eigenvalue weighted by atomic mass is 16.3. The molecule has 0 heterocycles. The SMILES string of the molecule is CC(C)CCN(CC(O)c1ccccc1N)C1CCCC1. The Bertz CT molecular complexity index is 427. The van der Waals surface area contributed by atoms with Gasteiger partial charge in [0.1, 0.15) is 0 Å². The smallest absolute Gasteiger partial charge is 0.0936 e. The Kier molecular flexibility index (Phi) is 6.07. The molecule has 1 atom stereocenters. The lowest BCUT2D eigenvalue weighted by molar-refractivity contribution is 0.0847. The zero-order chi connectivity index (χ0) is 15.2. The van der Waals surface area contributed by atoms with E-state index in [9.17, 15) is 5.11 Å². The Morgan fingerprint density at radius 3 is 2.52 bits per heavy atom. The van der Waals surface area contributed by atoms with Gasteiger partial charge >= 0.3 is 0 Å². The number of hydrogen-bond donors (Lipinski definition) is 2. The highest BCUT2D eigenvalue weighted by Crippen LogP contribution is 2.27. The van der Waals surface area contributed by atoms with Crippen molar-refractivity contribution in [2.75, 3.05) is 18.8 Å². The Morgan fingerprint density at radius 2 is 1.90 bits per heavy atom. The van der Waals surface area contributed by atoms with E-state index in [-0.39, 0.29) is 0 Å². The number of nitrogens with two attached hydrogens (primary N) is 1. The average Bonchev–Trinajstić information content (AvgIpc) is 2.97. The summed E-state index contributed by atoms with van der Waals surface area (Å²) in [7, 11) is 0. The average molecular weight is 290 g/mol. The molecule has 1 fully saturated rings. The fourth-order valence-electron chi connectivity index (χ4n) is 3.25. The van der Waals surface area contributed by atoms with Gasteiger partial charge < -0.3 is 10.8 Å². The van der Waals surface area contributed by atoms with E-state index >= 15 is 0 Å². The molecule has 0 spiro atoms. The molecule has 0 amide bonds. The molecule has 0 aliphatic heterocycles. The van der Waals surface area contributed by atoms with E-state index in [2.05, 4.69) is 18.7 Å². The molecule has 3 N–H and O–H groups in total. The zero-order valence-corrected chi connectivity index (χ0v) is 13.5. The Hall–Kier alpha value is -1.06. The van der Waals surface area contributed by atoms with E-state index in [1.54, 1.807) is 0 Å². The minimum atomic E-state index is -0.487. The Morgan fingerprint density at radius 1 is 1.24 bits per heavy atom. The fourth-order valence-corrected chi connectivity index (χ4v) is 3.25. The normalized spacial score (nSPS) is 17.8. The van der Waals surface area contributed by atoms with Crippen LogP contribution in [-0.2, 0) is 0 Å². The highest BCUT2D eigenvalue weighted by molar-refractivity contribution is 5.47. The molecule has 1 aromatic carbocycles. The van der Waals surface area contributed by atoms with E-state index in [0.717, 1.165) is 12.1 Å². The number of nitrogen functional groups attached to an aromatic ring is 1. The maximum atomic E-state index is 10.6. The van der Waals surface area contributed by atoms with Crippen LogP contribution in [0.4, 0.5) is 5.69 Å². The lowest BCUT2D eigenvalue weighted by atomic mass is 10.0. The number of hydrogen-bond acceptors (Lipinski definition) is 3. The van der Waals surface area contributed by atoms with Crippen molar-refractivity contribution < 1.29 is 5.11 Å². The van der Waals surface area contributed by atoms with Gasteiger partial charge in [-0.2, -0.15) is 0 Å². The van der Waals surface area contributed by atoms with E-state index < -0.39 is 6.10 Å². The standard InChI is InChI=1S/C18H30N2O/c1-14(2)11-12-20(15-7-3-4-8-15)13-18(21)16-9-5-6-10-17(16)19/h5-6,9-10,14-15,18,21H,3-4,7-8,11-13,19H2,1-2H3. The van der Waals surface area contributed by atoms with Gasteiger partial charge in [-0.25, -0.2) is 0 Å². The predicted octanol–water partition coefficient (Wildman–Crippen LogP) is 3.59. The van der Waals surface area contributed by atoms with Gasteiger partial charge in [-0.05, 0) is 37.8 Å². The molecule has 2 rings (SSSR count). The van der Waals surface area contributed by atoms with E-state index in [1.807, 2.05) is 24.3 Å². The van der Waals surface area contributed by atoms with Crippen molar-refractivity contribution in [3.63, 3.8) is 0 Å². The molecule has 1 aromatic rings. The summed E-state index contributed by atoms with van der Waals surface area (Å²) in [4.78, 5) is 2.49. The number of benzene rings is 1. The van der Waals surface area contributed by atoms with Crippen molar-refractivity contribution in [2.24, 2.45) is 5.92 Å². The Balaban J connectivity index is 2.01. The van der Waals surface area contributed by atoms with Crippen LogP contribution < -0.4 is 5.73 Å². The third kappa shape index (κ3) is 4.72. The summed E-state index contributed by atoms with van der Waals surface area (Å²) < 4.78 is 0. The number of anilines is 1. The van der Waals surface area contributed by atoms with Crippen LogP contribution in [0, 0.1) is 5.92 Å². The number of para-hydroxylation sites is 1. The number of nitrogens with zero attached hydrogens (tertiary/aromatic N) is 1. The molecule has 0 aromatic heterocycles. The zero-order valence-electron chi connectivity index (χ0n) is 13.5. The first-order valence-corrected chi connectivity index (χ1v) is 8.34. The maximum absolute atomic E-state index is 10.6. The highest BCUT2D eigenvalue weighted by Gasteiger charge is 2.25. The van der Waals surface area contributed by atoms with Crippen LogP contribution in [-0.4, -0.2) is 29.1 Å². The molecule has 3 heteroatoms. The molecule has 0 radical (unpaired) electrons. The summed E-state index contributed by atoms with van der Waals surface area (Å²) in [6.45, 7) is 6.30. The van der Waals surface area contributed by atoms with Crippen molar-refractivity contribution in [1.29, 1.82) is 0 Å². The first-order valence-electron chi connectivity index (χ1n) is 8.34. The first kappa shape index (κ1) is 16.3. The summed E-state index contributed by atoms with van der Waals surface area (Å²) in [6.07, 6.45) is 5.90. The molecule has 0 bridgehead atoms. The van der Waals surface area contributed by atoms with E-state index in [4.69, 9.17) is 5.73 Å². The lowest BCUT2D eigenvalue weighted by Crippen LogP contribution is -2.38. The van der Waals surface area contributed by atoms with E-state index in [0.29, 0.717) is 24.2 Å². The molecule has 1 aliphatic carbocycles. The minimum Gasteiger partial charge on any atom is -0.398 e. The van der Waals surface area contributed by atoms with Crippen molar-refractivity contribution in [1.82, 2.24) is 4.90 Å². The third-order valence-corrected chi connectivity index (χ3v) is 4.60. The maximum Gasteiger partial charge on any atom is 0.0936 e. The van der Waals surface area contributed by atoms with Gasteiger partial charge in [-0.15, -0.1) is 0 Å². The van der Waals surface area contributed by atoms with Crippen LogP contribution in [0.5, 0.6) is 0 Å². The van der Waals surface area contributed by atoms with Crippen LogP contribution in [0.15, 0.2) is 24.3 Å². The van der Waals surface area contributed by atoms with E-state index in [1.165, 1.54) is 32.1 Å². The van der Waals surface area contributed by atoms with Crippen molar-refractivity contribution in [3.8, 4) is 0 Å². The molecule has 1 saturated carbocycles. The molecule has 1 unspecified atom stereocenters. The van der Waals surface area contributed by atoms with Gasteiger partial charge in [0.2, 0.25) is 0 Å². The molecule has 0 saturated heterocycles. The van der Waals surface area contributed by atoms with Crippen molar-refractivity contribution in [2.45, 2.75) is 58.1 Å². The second kappa shape index (κ2) is 7.81. The predicted molar refractivity (Wildman–Crippen MR) is 89.1 cm³/mol. The second-order valence-electron chi connectivity index (χ2n) is 6.76. The van der Waals surface area contributed by atoms with Crippen LogP contribution in [0.1, 0.15) is 57.6 Å². The number of rotatable bonds is 7. The monoisotopic (exact) mass is 290 g/mol. The van der Waals surface area contributed by atoms with Gasteiger partial charge in [0.05, 0.1) is 6.10 Å². The van der Waals surface area contributed by atoms with Gasteiger partial charge in [-0.1, -0.05) is 44.9 Å². The van der Waals surface area contributed by atoms with Gasteiger partial charge in [0.25, 0.3) is 0 Å². The van der Waals surface area contributed by atoms with Gasteiger partial charge in [-0.3, -0.25) is 4.90 Å². The molecular weight excluding hydrogens is 260 g/mol. The quantitative estimate of drug-likeness (QED) is 0.754. The summed E-state index contributed by atoms with van der Waals surface area (Å²) >= 11 is 0. The van der Waals surface area contributed by atoms with Crippen LogP contribution >= 0.6 is 0 Å². The van der Waals surface area contributed by atoms with Crippen LogP contribution in [0.25, 0.3) is 0 Å². The summed E-state index contributed by atoms with van der Waals surface area (Å²) in [6, 6.07) is 8.31. The van der Waals surface area contributed by atoms with Crippen molar-refractivity contribution in [3.05, 3.63) is 29.8 Å². The summed E-state index contributed by atoms with van der Waals surface area (Å²) in [5, 5.41) is 10.6. The third-order valence-electron chi connectivity index (χ3n) is 4.60. The molecule has 3 nitrogen and oxygen atoms in total. The molecular formula is C18H30N2O. The first-order chi connectivity index (χ1) is 10.1. The molecule has 1 aliphatic rings. The number of aliphatic hydroxyl groups is 1. The summed E-state index contributed by atoms with van der Waals surface area (Å²) in [5.74, 6) is 0.702. The number of aliphatic hydroxyl groups excluding tert-OH is 1. The summed E-state index contributed by atoms with van der Waals surface area (Å²) in [5.41, 5.74) is 7.55. The molecule has 21 heavy (non-hydrogen) atoms. The lowest BCUT2D eigenvalue weighted by Gasteiger charge is -2.31. The molecule has 118 valence electrons. The minimum absolute atomic E-state index is 0.487. The second-order valence-corrected chi connectivity index (χ2v) is 6.76. The van der Waals surface area contributed by atoms with Crippen LogP contribution in [0.2, 0.25) is 0 Å². The van der Waals surface area contributed by atoms with Crippen molar-refractivity contribution >= 4 is 5.69 Å².